The lowest BCUT2D eigenvalue weighted by Crippen LogP contribution is -2.37. The van der Waals surface area contributed by atoms with Crippen LogP contribution in [-0.2, 0) is 14.4 Å². The van der Waals surface area contributed by atoms with Gasteiger partial charge < -0.3 is 0 Å². The number of hydrogen-bond acceptors (Lipinski definition) is 6. The molecule has 0 aromatic heterocycles. The Kier molecular flexibility index (Phi) is 4.88. The molecule has 3 atom stereocenters. The Balaban J connectivity index is 1.60. The summed E-state index contributed by atoms with van der Waals surface area (Å²) in [4.78, 5) is 44.7. The highest BCUT2D eigenvalue weighted by molar-refractivity contribution is 6.31. The molecule has 2 amide bonds. The highest BCUT2D eigenvalue weighted by atomic mass is 35.5. The zero-order chi connectivity index (χ0) is 22.4. The van der Waals surface area contributed by atoms with Crippen molar-refractivity contribution in [3.05, 3.63) is 99.6 Å². The van der Waals surface area contributed by atoms with Gasteiger partial charge in [-0.15, -0.1) is 0 Å². The fourth-order valence-corrected chi connectivity index (χ4v) is 4.35. The predicted octanol–water partition coefficient (Wildman–Crippen LogP) is 4.30. The molecule has 0 spiro atoms. The summed E-state index contributed by atoms with van der Waals surface area (Å²) in [5, 5.41) is 13.3. The van der Waals surface area contributed by atoms with Crippen molar-refractivity contribution in [2.45, 2.75) is 12.1 Å². The van der Waals surface area contributed by atoms with Gasteiger partial charge in [0.1, 0.15) is 5.92 Å². The number of non-ortho nitro benzene ring substituents is 1. The summed E-state index contributed by atoms with van der Waals surface area (Å²) in [6, 6.07) is 20.7. The van der Waals surface area contributed by atoms with E-state index in [2.05, 4.69) is 0 Å². The molecule has 0 N–H and O–H groups in total. The predicted molar refractivity (Wildman–Crippen MR) is 117 cm³/mol. The molecule has 2 aliphatic rings. The van der Waals surface area contributed by atoms with Gasteiger partial charge in [-0.05, 0) is 42.0 Å². The van der Waals surface area contributed by atoms with Crippen molar-refractivity contribution in [1.29, 1.82) is 0 Å². The summed E-state index contributed by atoms with van der Waals surface area (Å²) in [5.41, 5.74) is 1.43. The molecule has 0 unspecified atom stereocenters. The summed E-state index contributed by atoms with van der Waals surface area (Å²) in [7, 11) is 0. The van der Waals surface area contributed by atoms with Crippen molar-refractivity contribution in [2.24, 2.45) is 5.92 Å². The average Bonchev–Trinajstić information content (AvgIpc) is 3.31. The number of hydroxylamine groups is 1. The Morgan fingerprint density at radius 3 is 2.28 bits per heavy atom. The van der Waals surface area contributed by atoms with Crippen molar-refractivity contribution < 1.29 is 19.3 Å². The molecule has 2 saturated heterocycles. The second kappa shape index (κ2) is 7.74. The fraction of sp³-hybridized carbons (Fsp3) is 0.130. The molecule has 0 aliphatic carbocycles. The van der Waals surface area contributed by atoms with Gasteiger partial charge in [0, 0.05) is 17.2 Å². The maximum Gasteiger partial charge on any atom is 0.269 e. The van der Waals surface area contributed by atoms with E-state index in [1.54, 1.807) is 60.7 Å². The molecule has 3 aromatic rings. The maximum atomic E-state index is 13.5. The number of amides is 2. The molecule has 2 heterocycles. The van der Waals surface area contributed by atoms with Gasteiger partial charge in [-0.2, -0.15) is 0 Å². The molecular formula is C23H16ClN3O5. The molecule has 160 valence electrons. The second-order valence-corrected chi connectivity index (χ2v) is 7.93. The van der Waals surface area contributed by atoms with Crippen LogP contribution in [0.5, 0.6) is 0 Å². The molecule has 0 saturated carbocycles. The van der Waals surface area contributed by atoms with Crippen LogP contribution in [0.1, 0.15) is 11.6 Å². The number of nitrogens with zero attached hydrogens (tertiary/aromatic N) is 3. The van der Waals surface area contributed by atoms with Crippen LogP contribution in [0.2, 0.25) is 5.02 Å². The van der Waals surface area contributed by atoms with Crippen molar-refractivity contribution in [3.8, 4) is 0 Å². The topological polar surface area (TPSA) is 93.0 Å². The van der Waals surface area contributed by atoms with Crippen LogP contribution in [0.4, 0.5) is 17.1 Å². The monoisotopic (exact) mass is 449 g/mol. The fourth-order valence-electron chi connectivity index (χ4n) is 4.22. The summed E-state index contributed by atoms with van der Waals surface area (Å²) in [5.74, 6) is -1.80. The molecule has 0 bridgehead atoms. The maximum absolute atomic E-state index is 13.5. The Morgan fingerprint density at radius 1 is 0.875 bits per heavy atom. The molecule has 9 heteroatoms. The summed E-state index contributed by atoms with van der Waals surface area (Å²) in [6.45, 7) is 0. The third-order valence-electron chi connectivity index (χ3n) is 5.63. The Bertz CT molecular complexity index is 1220. The van der Waals surface area contributed by atoms with Crippen LogP contribution < -0.4 is 9.96 Å². The van der Waals surface area contributed by atoms with Gasteiger partial charge >= 0.3 is 0 Å². The lowest BCUT2D eigenvalue weighted by atomic mass is 9.90. The quantitative estimate of drug-likeness (QED) is 0.335. The van der Waals surface area contributed by atoms with E-state index in [0.717, 1.165) is 4.90 Å². The first kappa shape index (κ1) is 20.2. The highest BCUT2D eigenvalue weighted by Gasteiger charge is 2.60. The van der Waals surface area contributed by atoms with E-state index in [0.29, 0.717) is 22.0 Å². The number of benzene rings is 3. The lowest BCUT2D eigenvalue weighted by Gasteiger charge is -2.28. The first-order valence-electron chi connectivity index (χ1n) is 9.84. The number of carbonyl (C=O) groups is 2. The number of halogens is 1. The molecule has 0 radical (unpaired) electrons. The van der Waals surface area contributed by atoms with Crippen LogP contribution in [0, 0.1) is 16.0 Å². The van der Waals surface area contributed by atoms with Crippen LogP contribution in [0.15, 0.2) is 78.9 Å². The lowest BCUT2D eigenvalue weighted by molar-refractivity contribution is -0.384. The third-order valence-corrected chi connectivity index (χ3v) is 5.89. The van der Waals surface area contributed by atoms with Gasteiger partial charge in [-0.3, -0.25) is 24.5 Å². The van der Waals surface area contributed by atoms with Crippen LogP contribution >= 0.6 is 11.6 Å². The molecule has 32 heavy (non-hydrogen) atoms. The van der Waals surface area contributed by atoms with Crippen molar-refractivity contribution in [2.75, 3.05) is 9.96 Å². The highest BCUT2D eigenvalue weighted by Crippen LogP contribution is 2.48. The Hall–Kier alpha value is -3.75. The van der Waals surface area contributed by atoms with E-state index >= 15 is 0 Å². The Labute approximate surface area is 187 Å². The molecule has 2 aliphatic heterocycles. The van der Waals surface area contributed by atoms with Crippen LogP contribution in [0.25, 0.3) is 0 Å². The van der Waals surface area contributed by atoms with Gasteiger partial charge in [0.25, 0.3) is 11.6 Å². The summed E-state index contributed by atoms with van der Waals surface area (Å²) in [6.07, 6.45) is -1.05. The van der Waals surface area contributed by atoms with E-state index in [1.165, 1.54) is 17.2 Å². The zero-order valence-corrected chi connectivity index (χ0v) is 17.3. The first-order chi connectivity index (χ1) is 15.5. The number of hydrogen-bond donors (Lipinski definition) is 0. The number of fused-ring (bicyclic) bond motifs is 1. The number of imide groups is 1. The van der Waals surface area contributed by atoms with Crippen LogP contribution in [-0.4, -0.2) is 22.8 Å². The van der Waals surface area contributed by atoms with E-state index < -0.39 is 34.8 Å². The minimum Gasteiger partial charge on any atom is -0.273 e. The van der Waals surface area contributed by atoms with Gasteiger partial charge in [0.2, 0.25) is 5.91 Å². The van der Waals surface area contributed by atoms with Gasteiger partial charge in [0.15, 0.2) is 6.10 Å². The molecule has 2 fully saturated rings. The SMILES string of the molecule is O=C1[C@@H]2[C@@H](ON(c3ccccc3)[C@H]2c2cccc([N+](=O)[O-])c2)C(=O)N1c1ccc(Cl)cc1. The van der Waals surface area contributed by atoms with Gasteiger partial charge in [0.05, 0.1) is 22.3 Å². The molecular weight excluding hydrogens is 434 g/mol. The minimum atomic E-state index is -1.05. The number of anilines is 2. The van der Waals surface area contributed by atoms with Gasteiger partial charge in [-0.25, -0.2) is 9.96 Å². The normalized spacial score (nSPS) is 22.3. The van der Waals surface area contributed by atoms with Crippen LogP contribution in [0.3, 0.4) is 0 Å². The van der Waals surface area contributed by atoms with Gasteiger partial charge in [-0.1, -0.05) is 41.9 Å². The number of para-hydroxylation sites is 1. The summed E-state index contributed by atoms with van der Waals surface area (Å²) >= 11 is 5.94. The smallest absolute Gasteiger partial charge is 0.269 e. The number of carbonyl (C=O) groups excluding carboxylic acids is 2. The van der Waals surface area contributed by atoms with Crippen molar-refractivity contribution in [3.63, 3.8) is 0 Å². The number of rotatable bonds is 4. The minimum absolute atomic E-state index is 0.106. The van der Waals surface area contributed by atoms with E-state index in [4.69, 9.17) is 16.4 Å². The largest absolute Gasteiger partial charge is 0.273 e. The summed E-state index contributed by atoms with van der Waals surface area (Å²) < 4.78 is 0. The van der Waals surface area contributed by atoms with E-state index in [-0.39, 0.29) is 5.69 Å². The Morgan fingerprint density at radius 2 is 1.59 bits per heavy atom. The molecule has 8 nitrogen and oxygen atoms in total. The van der Waals surface area contributed by atoms with Crippen molar-refractivity contribution in [1.82, 2.24) is 0 Å². The molecule has 3 aromatic carbocycles. The van der Waals surface area contributed by atoms with Crippen molar-refractivity contribution >= 4 is 40.5 Å². The standard InChI is InChI=1S/C23H16ClN3O5/c24-15-9-11-16(12-10-15)25-22(28)19-20(14-5-4-8-18(13-14)27(30)31)26(32-21(19)23(25)29)17-6-2-1-3-7-17/h1-13,19-21H/t19-,20-,21+/m0/s1. The second-order valence-electron chi connectivity index (χ2n) is 7.50. The number of nitro benzene ring substituents is 1. The third kappa shape index (κ3) is 3.21. The average molecular weight is 450 g/mol. The van der Waals surface area contributed by atoms with E-state index in [9.17, 15) is 19.7 Å². The first-order valence-corrected chi connectivity index (χ1v) is 10.2. The molecule has 5 rings (SSSR count). The zero-order valence-electron chi connectivity index (χ0n) is 16.5. The number of nitro groups is 1. The van der Waals surface area contributed by atoms with E-state index in [1.807, 2.05) is 6.07 Å².